The quantitative estimate of drug-likeness (QED) is 0.436. The van der Waals surface area contributed by atoms with Gasteiger partial charge in [0.1, 0.15) is 18.8 Å². The first-order chi connectivity index (χ1) is 13.6. The number of rotatable bonds is 6. The van der Waals surface area contributed by atoms with Gasteiger partial charge in [-0.1, -0.05) is 13.8 Å². The molecule has 0 unspecified atom stereocenters. The summed E-state index contributed by atoms with van der Waals surface area (Å²) in [5.74, 6) is -8.58. The molecule has 0 bridgehead atoms. The Morgan fingerprint density at radius 3 is 1.93 bits per heavy atom. The normalized spacial score (nSPS) is 29.1. The van der Waals surface area contributed by atoms with E-state index < -0.39 is 72.7 Å². The topological polar surface area (TPSA) is 137 Å². The van der Waals surface area contributed by atoms with Crippen LogP contribution in [-0.4, -0.2) is 71.8 Å². The van der Waals surface area contributed by atoms with Gasteiger partial charge in [-0.2, -0.15) is 13.2 Å². The average Bonchev–Trinajstić information content (AvgIpc) is 2.56. The summed E-state index contributed by atoms with van der Waals surface area (Å²) in [6.45, 7) is 5.12. The second-order valence-electron chi connectivity index (χ2n) is 6.96. The molecule has 5 atom stereocenters. The number of alkyl halides is 3. The molecule has 1 amide bonds. The van der Waals surface area contributed by atoms with Crippen LogP contribution in [0.3, 0.4) is 0 Å². The summed E-state index contributed by atoms with van der Waals surface area (Å²) < 4.78 is 58.9. The summed E-state index contributed by atoms with van der Waals surface area (Å²) in [6, 6.07) is -1.98. The van der Waals surface area contributed by atoms with Gasteiger partial charge in [0.2, 0.25) is 0 Å². The van der Waals surface area contributed by atoms with Crippen molar-refractivity contribution in [3.63, 3.8) is 0 Å². The number of hydrogen-bond acceptors (Lipinski definition) is 9. The fourth-order valence-corrected chi connectivity index (χ4v) is 2.91. The predicted molar refractivity (Wildman–Crippen MR) is 90.4 cm³/mol. The van der Waals surface area contributed by atoms with E-state index in [4.69, 9.17) is 18.9 Å². The molecule has 30 heavy (non-hydrogen) atoms. The highest BCUT2D eigenvalue weighted by Crippen LogP contribution is 2.37. The summed E-state index contributed by atoms with van der Waals surface area (Å²) in [4.78, 5) is 45.9. The Morgan fingerprint density at radius 2 is 1.53 bits per heavy atom. The standard InChI is InChI=1S/C17H24F3NO9/c1-7(2)16(26)14(21-15(25)17(18,19)20)13(29-10(5)24)12(28-9(4)23)11(30-16)6-27-8(3)22/h7,11-14,26H,6H2,1-5H3,(H,21,25)/t11-,12+,13+,14-,16-/m1/s1. The first-order valence-corrected chi connectivity index (χ1v) is 8.85. The van der Waals surface area contributed by atoms with Crippen molar-refractivity contribution in [3.8, 4) is 0 Å². The van der Waals surface area contributed by atoms with Gasteiger partial charge in [0.05, 0.1) is 0 Å². The maximum absolute atomic E-state index is 12.9. The molecular weight excluding hydrogens is 419 g/mol. The van der Waals surface area contributed by atoms with Crippen LogP contribution in [0.4, 0.5) is 13.2 Å². The molecule has 1 rings (SSSR count). The van der Waals surface area contributed by atoms with Crippen molar-refractivity contribution in [2.24, 2.45) is 5.92 Å². The van der Waals surface area contributed by atoms with E-state index in [9.17, 15) is 37.5 Å². The SMILES string of the molecule is CC(=O)OC[C@H]1O[C@](O)(C(C)C)[C@H](NC(=O)C(F)(F)F)[C@@H](OC(C)=O)[C@H]1OC(C)=O. The van der Waals surface area contributed by atoms with Crippen LogP contribution in [-0.2, 0) is 38.1 Å². The lowest BCUT2D eigenvalue weighted by Crippen LogP contribution is -2.73. The van der Waals surface area contributed by atoms with Crippen molar-refractivity contribution < 1.29 is 56.4 Å². The zero-order valence-electron chi connectivity index (χ0n) is 16.9. The maximum atomic E-state index is 12.9. The van der Waals surface area contributed by atoms with Gasteiger partial charge in [-0.15, -0.1) is 0 Å². The lowest BCUT2D eigenvalue weighted by molar-refractivity contribution is -0.337. The predicted octanol–water partition coefficient (Wildman–Crippen LogP) is 0.203. The number of ether oxygens (including phenoxy) is 4. The number of hydrogen-bond donors (Lipinski definition) is 2. The maximum Gasteiger partial charge on any atom is 0.471 e. The van der Waals surface area contributed by atoms with Crippen LogP contribution in [0.1, 0.15) is 34.6 Å². The Labute approximate surface area is 170 Å². The van der Waals surface area contributed by atoms with Crippen LogP contribution in [0.2, 0.25) is 0 Å². The minimum atomic E-state index is -5.33. The fraction of sp³-hybridized carbons (Fsp3) is 0.765. The highest BCUT2D eigenvalue weighted by atomic mass is 19.4. The Morgan fingerprint density at radius 1 is 1.03 bits per heavy atom. The van der Waals surface area contributed by atoms with Gasteiger partial charge >= 0.3 is 30.0 Å². The van der Waals surface area contributed by atoms with E-state index in [-0.39, 0.29) is 0 Å². The molecule has 0 aromatic heterocycles. The van der Waals surface area contributed by atoms with Crippen LogP contribution < -0.4 is 5.32 Å². The minimum absolute atomic E-state index is 0.583. The first-order valence-electron chi connectivity index (χ1n) is 8.85. The summed E-state index contributed by atoms with van der Waals surface area (Å²) in [7, 11) is 0. The summed E-state index contributed by atoms with van der Waals surface area (Å²) >= 11 is 0. The van der Waals surface area contributed by atoms with Gasteiger partial charge in [0.25, 0.3) is 0 Å². The van der Waals surface area contributed by atoms with Crippen molar-refractivity contribution in [3.05, 3.63) is 0 Å². The van der Waals surface area contributed by atoms with Crippen LogP contribution >= 0.6 is 0 Å². The molecule has 13 heteroatoms. The van der Waals surface area contributed by atoms with E-state index in [0.717, 1.165) is 20.8 Å². The van der Waals surface area contributed by atoms with Gasteiger partial charge < -0.3 is 29.4 Å². The van der Waals surface area contributed by atoms with E-state index in [0.29, 0.717) is 0 Å². The molecule has 1 saturated heterocycles. The third-order valence-electron chi connectivity index (χ3n) is 4.23. The number of esters is 3. The zero-order valence-corrected chi connectivity index (χ0v) is 16.9. The minimum Gasteiger partial charge on any atom is -0.463 e. The van der Waals surface area contributed by atoms with Gasteiger partial charge in [0, 0.05) is 26.7 Å². The summed E-state index contributed by atoms with van der Waals surface area (Å²) in [5, 5.41) is 12.6. The fourth-order valence-electron chi connectivity index (χ4n) is 2.91. The third kappa shape index (κ3) is 6.29. The lowest BCUT2D eigenvalue weighted by Gasteiger charge is -2.51. The highest BCUT2D eigenvalue weighted by molar-refractivity contribution is 5.82. The molecule has 172 valence electrons. The van der Waals surface area contributed by atoms with E-state index >= 15 is 0 Å². The molecule has 1 heterocycles. The number of halogens is 3. The number of carbonyl (C=O) groups excluding carboxylic acids is 4. The Balaban J connectivity index is 3.50. The number of nitrogens with one attached hydrogen (secondary N) is 1. The van der Waals surface area contributed by atoms with E-state index in [1.807, 2.05) is 0 Å². The highest BCUT2D eigenvalue weighted by Gasteiger charge is 2.60. The van der Waals surface area contributed by atoms with Gasteiger partial charge in [-0.3, -0.25) is 19.2 Å². The van der Waals surface area contributed by atoms with Crippen molar-refractivity contribution in [1.29, 1.82) is 0 Å². The van der Waals surface area contributed by atoms with Crippen LogP contribution in [0.25, 0.3) is 0 Å². The molecule has 0 saturated carbocycles. The van der Waals surface area contributed by atoms with Crippen molar-refractivity contribution in [2.45, 2.75) is 70.9 Å². The van der Waals surface area contributed by atoms with Crippen LogP contribution in [0, 0.1) is 5.92 Å². The average molecular weight is 443 g/mol. The Kier molecular flexibility index (Phi) is 8.20. The molecular formula is C17H24F3NO9. The molecule has 0 aromatic rings. The summed E-state index contributed by atoms with van der Waals surface area (Å²) in [5.41, 5.74) is 0. The zero-order chi connectivity index (χ0) is 23.4. The molecule has 0 aromatic carbocycles. The second-order valence-corrected chi connectivity index (χ2v) is 6.96. The molecule has 0 spiro atoms. The van der Waals surface area contributed by atoms with Gasteiger partial charge in [-0.25, -0.2) is 0 Å². The Hall–Kier alpha value is -2.41. The Bertz CT molecular complexity index is 682. The number of aliphatic hydroxyl groups is 1. The molecule has 0 radical (unpaired) electrons. The molecule has 1 fully saturated rings. The van der Waals surface area contributed by atoms with Crippen LogP contribution in [0.15, 0.2) is 0 Å². The van der Waals surface area contributed by atoms with Crippen molar-refractivity contribution >= 4 is 23.8 Å². The summed E-state index contributed by atoms with van der Waals surface area (Å²) in [6.07, 6.45) is -10.2. The van der Waals surface area contributed by atoms with Crippen molar-refractivity contribution in [2.75, 3.05) is 6.61 Å². The third-order valence-corrected chi connectivity index (χ3v) is 4.23. The first kappa shape index (κ1) is 25.6. The smallest absolute Gasteiger partial charge is 0.463 e. The van der Waals surface area contributed by atoms with Gasteiger partial charge in [0.15, 0.2) is 18.0 Å². The van der Waals surface area contributed by atoms with Crippen molar-refractivity contribution in [1.82, 2.24) is 5.32 Å². The molecule has 1 aliphatic rings. The van der Waals surface area contributed by atoms with E-state index in [2.05, 4.69) is 0 Å². The molecule has 10 nitrogen and oxygen atoms in total. The van der Waals surface area contributed by atoms with E-state index in [1.165, 1.54) is 13.8 Å². The van der Waals surface area contributed by atoms with Crippen LogP contribution in [0.5, 0.6) is 0 Å². The second kappa shape index (κ2) is 9.60. The molecule has 1 aliphatic heterocycles. The molecule has 2 N–H and O–H groups in total. The number of amides is 1. The lowest BCUT2D eigenvalue weighted by atomic mass is 9.83. The van der Waals surface area contributed by atoms with E-state index in [1.54, 1.807) is 5.32 Å². The largest absolute Gasteiger partial charge is 0.471 e. The number of carbonyl (C=O) groups is 4. The molecule has 0 aliphatic carbocycles. The monoisotopic (exact) mass is 443 g/mol. The van der Waals surface area contributed by atoms with Gasteiger partial charge in [-0.05, 0) is 0 Å².